The molecular formula is C19H26F3N5O2S. The third-order valence-electron chi connectivity index (χ3n) is 4.51. The number of halogens is 3. The maximum atomic E-state index is 12.7. The molecule has 1 fully saturated rings. The van der Waals surface area contributed by atoms with Crippen LogP contribution in [0.1, 0.15) is 16.5 Å². The molecule has 0 aliphatic carbocycles. The van der Waals surface area contributed by atoms with Crippen molar-refractivity contribution in [1.29, 1.82) is 0 Å². The summed E-state index contributed by atoms with van der Waals surface area (Å²) < 4.78 is 48.7. The van der Waals surface area contributed by atoms with Gasteiger partial charge in [0, 0.05) is 50.9 Å². The molecule has 3 heterocycles. The Balaban J connectivity index is 1.47. The highest BCUT2D eigenvalue weighted by molar-refractivity contribution is 7.09. The van der Waals surface area contributed by atoms with Crippen LogP contribution < -0.4 is 10.6 Å². The molecule has 0 amide bonds. The molecule has 7 nitrogen and oxygen atoms in total. The molecule has 0 unspecified atom stereocenters. The Morgan fingerprint density at radius 2 is 1.97 bits per heavy atom. The first kappa shape index (κ1) is 22.6. The fraction of sp³-hybridized carbons (Fsp3) is 0.579. The minimum absolute atomic E-state index is 0.392. The predicted molar refractivity (Wildman–Crippen MR) is 109 cm³/mol. The average Bonchev–Trinajstić information content (AvgIpc) is 3.40. The lowest BCUT2D eigenvalue weighted by Crippen LogP contribution is -2.41. The number of hydrogen-bond acceptors (Lipinski definition) is 6. The van der Waals surface area contributed by atoms with Gasteiger partial charge in [-0.25, -0.2) is 4.98 Å². The van der Waals surface area contributed by atoms with Gasteiger partial charge in [-0.1, -0.05) is 0 Å². The highest BCUT2D eigenvalue weighted by atomic mass is 32.1. The van der Waals surface area contributed by atoms with E-state index in [0.29, 0.717) is 43.4 Å². The van der Waals surface area contributed by atoms with E-state index in [0.717, 1.165) is 55.3 Å². The van der Waals surface area contributed by atoms with Gasteiger partial charge in [-0.3, -0.25) is 9.89 Å². The Bertz CT molecular complexity index is 773. The maximum Gasteiger partial charge on any atom is 0.434 e. The number of aliphatic imine (C=N–C) groups is 1. The van der Waals surface area contributed by atoms with Crippen LogP contribution in [-0.2, 0) is 23.8 Å². The minimum atomic E-state index is -4.40. The number of ether oxygens (including phenoxy) is 1. The molecule has 1 aliphatic rings. The van der Waals surface area contributed by atoms with Gasteiger partial charge in [0.2, 0.25) is 0 Å². The molecule has 2 N–H and O–H groups in total. The van der Waals surface area contributed by atoms with Crippen LogP contribution in [0, 0.1) is 0 Å². The predicted octanol–water partition coefficient (Wildman–Crippen LogP) is 2.41. The van der Waals surface area contributed by atoms with Crippen LogP contribution in [0.4, 0.5) is 13.2 Å². The highest BCUT2D eigenvalue weighted by Crippen LogP contribution is 2.29. The summed E-state index contributed by atoms with van der Waals surface area (Å²) >= 11 is 1.02. The summed E-state index contributed by atoms with van der Waals surface area (Å²) in [7, 11) is 0. The molecule has 0 aromatic carbocycles. The van der Waals surface area contributed by atoms with Crippen LogP contribution >= 0.6 is 11.3 Å². The fourth-order valence-corrected chi connectivity index (χ4v) is 3.71. The first-order chi connectivity index (χ1) is 14.5. The van der Waals surface area contributed by atoms with E-state index < -0.39 is 11.9 Å². The fourth-order valence-electron chi connectivity index (χ4n) is 2.90. The first-order valence-electron chi connectivity index (χ1n) is 9.87. The quantitative estimate of drug-likeness (QED) is 0.456. The molecule has 0 radical (unpaired) electrons. The Hall–Kier alpha value is -2.11. The first-order valence-corrected chi connectivity index (χ1v) is 10.7. The number of morpholine rings is 1. The van der Waals surface area contributed by atoms with E-state index in [1.54, 1.807) is 6.26 Å². The van der Waals surface area contributed by atoms with Crippen molar-refractivity contribution in [3.8, 4) is 0 Å². The van der Waals surface area contributed by atoms with Gasteiger partial charge in [-0.2, -0.15) is 13.2 Å². The van der Waals surface area contributed by atoms with Crippen molar-refractivity contribution >= 4 is 17.3 Å². The lowest BCUT2D eigenvalue weighted by Gasteiger charge is -2.25. The number of nitrogens with zero attached hydrogens (tertiary/aromatic N) is 3. The Morgan fingerprint density at radius 3 is 2.63 bits per heavy atom. The normalized spacial score (nSPS) is 16.0. The van der Waals surface area contributed by atoms with Gasteiger partial charge < -0.3 is 19.8 Å². The summed E-state index contributed by atoms with van der Waals surface area (Å²) in [5.74, 6) is 1.50. The molecular weight excluding hydrogens is 419 g/mol. The van der Waals surface area contributed by atoms with Crippen LogP contribution in [0.2, 0.25) is 0 Å². The van der Waals surface area contributed by atoms with Crippen LogP contribution in [0.25, 0.3) is 0 Å². The Labute approximate surface area is 177 Å². The van der Waals surface area contributed by atoms with Crippen molar-refractivity contribution in [2.45, 2.75) is 19.0 Å². The second-order valence-electron chi connectivity index (χ2n) is 6.74. The molecule has 0 atom stereocenters. The van der Waals surface area contributed by atoms with E-state index in [-0.39, 0.29) is 0 Å². The number of nitrogens with one attached hydrogen (secondary N) is 2. The van der Waals surface area contributed by atoms with Crippen LogP contribution in [0.15, 0.2) is 33.2 Å². The van der Waals surface area contributed by atoms with E-state index in [9.17, 15) is 13.2 Å². The van der Waals surface area contributed by atoms with Crippen molar-refractivity contribution < 1.29 is 22.3 Å². The molecule has 0 bridgehead atoms. The summed E-state index contributed by atoms with van der Waals surface area (Å²) in [5.41, 5.74) is -0.835. The molecule has 2 aromatic heterocycles. The van der Waals surface area contributed by atoms with E-state index in [1.807, 2.05) is 12.1 Å². The van der Waals surface area contributed by atoms with Gasteiger partial charge in [0.1, 0.15) is 5.76 Å². The van der Waals surface area contributed by atoms with E-state index in [2.05, 4.69) is 25.5 Å². The average molecular weight is 446 g/mol. The Kier molecular flexibility index (Phi) is 8.52. The monoisotopic (exact) mass is 445 g/mol. The molecule has 1 aliphatic heterocycles. The number of hydrogen-bond donors (Lipinski definition) is 2. The molecule has 2 aromatic rings. The number of furan rings is 1. The molecule has 0 saturated carbocycles. The van der Waals surface area contributed by atoms with E-state index >= 15 is 0 Å². The van der Waals surface area contributed by atoms with Gasteiger partial charge in [0.25, 0.3) is 0 Å². The standard InChI is InChI=1S/C19H26F3N5O2S/c20-19(21,22)16-14-30-17(26-16)4-6-24-18(23-5-3-15-2-1-11-29-15)25-7-8-27-9-12-28-13-10-27/h1-2,11,14H,3-10,12-13H2,(H2,23,24,25). The molecule has 30 heavy (non-hydrogen) atoms. The van der Waals surface area contributed by atoms with Crippen LogP contribution in [0.3, 0.4) is 0 Å². The van der Waals surface area contributed by atoms with Crippen LogP contribution in [0.5, 0.6) is 0 Å². The molecule has 3 rings (SSSR count). The summed E-state index contributed by atoms with van der Waals surface area (Å²) in [6.07, 6.45) is -1.67. The van der Waals surface area contributed by atoms with Crippen molar-refractivity contribution in [3.05, 3.63) is 40.2 Å². The van der Waals surface area contributed by atoms with Gasteiger partial charge in [0.05, 0.1) is 31.0 Å². The van der Waals surface area contributed by atoms with Gasteiger partial charge in [0.15, 0.2) is 11.7 Å². The number of guanidine groups is 1. The molecule has 11 heteroatoms. The summed E-state index contributed by atoms with van der Waals surface area (Å²) in [4.78, 5) is 10.5. The number of thiazole rings is 1. The van der Waals surface area contributed by atoms with Crippen molar-refractivity contribution in [1.82, 2.24) is 20.5 Å². The highest BCUT2D eigenvalue weighted by Gasteiger charge is 2.33. The number of aromatic nitrogens is 1. The lowest BCUT2D eigenvalue weighted by atomic mass is 10.3. The zero-order chi connectivity index (χ0) is 21.2. The third kappa shape index (κ3) is 7.62. The van der Waals surface area contributed by atoms with Crippen molar-refractivity contribution in [2.24, 2.45) is 4.99 Å². The minimum Gasteiger partial charge on any atom is -0.469 e. The number of rotatable bonds is 9. The molecule has 0 spiro atoms. The lowest BCUT2D eigenvalue weighted by molar-refractivity contribution is -0.140. The topological polar surface area (TPSA) is 74.9 Å². The smallest absolute Gasteiger partial charge is 0.434 e. The second-order valence-corrected chi connectivity index (χ2v) is 7.68. The molecule has 1 saturated heterocycles. The van der Waals surface area contributed by atoms with Crippen molar-refractivity contribution in [2.75, 3.05) is 52.5 Å². The second kappa shape index (κ2) is 11.3. The maximum absolute atomic E-state index is 12.7. The largest absolute Gasteiger partial charge is 0.469 e. The molecule has 166 valence electrons. The third-order valence-corrected chi connectivity index (χ3v) is 5.42. The van der Waals surface area contributed by atoms with E-state index in [1.165, 1.54) is 0 Å². The van der Waals surface area contributed by atoms with Crippen molar-refractivity contribution in [3.63, 3.8) is 0 Å². The zero-order valence-corrected chi connectivity index (χ0v) is 17.4. The van der Waals surface area contributed by atoms with Gasteiger partial charge in [-0.15, -0.1) is 11.3 Å². The van der Waals surface area contributed by atoms with Gasteiger partial charge >= 0.3 is 6.18 Å². The summed E-state index contributed by atoms with van der Waals surface area (Å²) in [6, 6.07) is 3.75. The summed E-state index contributed by atoms with van der Waals surface area (Å²) in [6.45, 7) is 5.79. The Morgan fingerprint density at radius 1 is 1.20 bits per heavy atom. The van der Waals surface area contributed by atoms with Crippen LogP contribution in [-0.4, -0.2) is 68.3 Å². The summed E-state index contributed by atoms with van der Waals surface area (Å²) in [5, 5.41) is 7.93. The SMILES string of the molecule is FC(F)(F)c1csc(CCNC(=NCCN2CCOCC2)NCCc2ccco2)n1. The zero-order valence-electron chi connectivity index (χ0n) is 16.6. The van der Waals surface area contributed by atoms with E-state index in [4.69, 9.17) is 9.15 Å². The number of alkyl halides is 3. The van der Waals surface area contributed by atoms with Gasteiger partial charge in [-0.05, 0) is 12.1 Å².